The quantitative estimate of drug-likeness (QED) is 0.154. The molecule has 326 valence electrons. The molecule has 0 fully saturated rings. The Bertz CT molecular complexity index is 3510. The van der Waals surface area contributed by atoms with Gasteiger partial charge in [-0.2, -0.15) is 0 Å². The molecule has 1 heteroatoms. The molecule has 0 N–H and O–H groups in total. The van der Waals surface area contributed by atoms with Gasteiger partial charge in [0.2, 0.25) is 0 Å². The number of nitrogens with zero attached hydrogens (tertiary/aromatic N) is 1. The van der Waals surface area contributed by atoms with Gasteiger partial charge in [0.1, 0.15) is 0 Å². The van der Waals surface area contributed by atoms with Gasteiger partial charge >= 0.3 is 0 Å². The maximum atomic E-state index is 2.62. The summed E-state index contributed by atoms with van der Waals surface area (Å²) in [4.78, 5) is 2.49. The van der Waals surface area contributed by atoms with Gasteiger partial charge in [0.25, 0.3) is 0 Å². The Balaban J connectivity index is 1.09. The zero-order valence-electron chi connectivity index (χ0n) is 39.1. The van der Waals surface area contributed by atoms with E-state index in [1.54, 1.807) is 0 Å². The van der Waals surface area contributed by atoms with Gasteiger partial charge in [-0.05, 0) is 125 Å². The lowest BCUT2D eigenvalue weighted by atomic mass is 9.65. The molecular weight excluding hydrogens is 819 g/mol. The Morgan fingerprint density at radius 3 is 1.65 bits per heavy atom. The van der Waals surface area contributed by atoms with E-state index in [1.807, 2.05) is 0 Å². The molecule has 0 amide bonds. The highest BCUT2D eigenvalue weighted by atomic mass is 15.1. The van der Waals surface area contributed by atoms with Crippen LogP contribution in [0.4, 0.5) is 17.1 Å². The number of allylic oxidation sites excluding steroid dienone is 4. The molecule has 4 aliphatic carbocycles. The van der Waals surface area contributed by atoms with E-state index < -0.39 is 5.41 Å². The van der Waals surface area contributed by atoms with Crippen molar-refractivity contribution in [2.45, 2.75) is 49.9 Å². The number of fused-ring (bicyclic) bond motifs is 9. The first-order valence-electron chi connectivity index (χ1n) is 24.3. The van der Waals surface area contributed by atoms with Crippen molar-refractivity contribution in [2.24, 2.45) is 5.92 Å². The maximum Gasteiger partial charge on any atom is 0.0714 e. The monoisotopic (exact) mass is 871 g/mol. The van der Waals surface area contributed by atoms with Crippen LogP contribution >= 0.6 is 0 Å². The topological polar surface area (TPSA) is 3.24 Å². The van der Waals surface area contributed by atoms with Crippen molar-refractivity contribution < 1.29 is 0 Å². The smallest absolute Gasteiger partial charge is 0.0714 e. The second-order valence-electron chi connectivity index (χ2n) is 20.4. The van der Waals surface area contributed by atoms with Crippen LogP contribution in [0.3, 0.4) is 0 Å². The summed E-state index contributed by atoms with van der Waals surface area (Å²) in [6.07, 6.45) is 9.37. The minimum absolute atomic E-state index is 0.0489. The summed E-state index contributed by atoms with van der Waals surface area (Å²) in [5.41, 5.74) is 23.5. The molecule has 0 saturated heterocycles. The van der Waals surface area contributed by atoms with Gasteiger partial charge in [0.15, 0.2) is 0 Å². The summed E-state index contributed by atoms with van der Waals surface area (Å²) < 4.78 is 0. The Morgan fingerprint density at radius 2 is 0.897 bits per heavy atom. The van der Waals surface area contributed by atoms with Crippen LogP contribution in [-0.4, -0.2) is 0 Å². The molecule has 0 saturated carbocycles. The summed E-state index contributed by atoms with van der Waals surface area (Å²) in [6, 6.07) is 80.2. The van der Waals surface area contributed by atoms with E-state index in [4.69, 9.17) is 0 Å². The van der Waals surface area contributed by atoms with Crippen molar-refractivity contribution in [2.75, 3.05) is 4.90 Å². The number of rotatable bonds is 7. The first-order chi connectivity index (χ1) is 33.2. The lowest BCUT2D eigenvalue weighted by Crippen LogP contribution is -2.30. The first-order valence-corrected chi connectivity index (χ1v) is 24.3. The first kappa shape index (κ1) is 40.5. The fourth-order valence-corrected chi connectivity index (χ4v) is 12.9. The van der Waals surface area contributed by atoms with Gasteiger partial charge in [0.05, 0.1) is 11.1 Å². The molecular formula is C67H53N. The normalized spacial score (nSPS) is 19.4. The number of anilines is 3. The number of para-hydroxylation sites is 1. The maximum absolute atomic E-state index is 2.62. The van der Waals surface area contributed by atoms with E-state index in [0.717, 1.165) is 17.1 Å². The SMILES string of the molecule is CC1(C)c2ccccc2-c2ccc(C3(c4ccc5c(c4)C(C)(C)C4C=CC=CC54)c4ccccc4-c4ccc(N(c5ccc(-c6ccccc6)cc5)c5ccccc5-c5ccccc5)cc43)cc21. The molecule has 9 aromatic carbocycles. The van der Waals surface area contributed by atoms with Crippen LogP contribution in [0.15, 0.2) is 237 Å². The van der Waals surface area contributed by atoms with Crippen LogP contribution in [0, 0.1) is 5.92 Å². The minimum atomic E-state index is -0.631. The fraction of sp³-hybridized carbons (Fsp3) is 0.134. The summed E-state index contributed by atoms with van der Waals surface area (Å²) >= 11 is 0. The van der Waals surface area contributed by atoms with Gasteiger partial charge in [-0.15, -0.1) is 0 Å². The summed E-state index contributed by atoms with van der Waals surface area (Å²) in [6.45, 7) is 9.75. The van der Waals surface area contributed by atoms with E-state index in [1.165, 1.54) is 89.0 Å². The van der Waals surface area contributed by atoms with Gasteiger partial charge in [-0.25, -0.2) is 0 Å². The largest absolute Gasteiger partial charge is 0.310 e. The summed E-state index contributed by atoms with van der Waals surface area (Å²) in [7, 11) is 0. The highest BCUT2D eigenvalue weighted by Gasteiger charge is 2.50. The predicted octanol–water partition coefficient (Wildman–Crippen LogP) is 17.3. The van der Waals surface area contributed by atoms with Crippen molar-refractivity contribution in [3.05, 3.63) is 281 Å². The molecule has 0 bridgehead atoms. The summed E-state index contributed by atoms with van der Waals surface area (Å²) in [5, 5.41) is 0. The van der Waals surface area contributed by atoms with E-state index >= 15 is 0 Å². The molecule has 1 nitrogen and oxygen atoms in total. The Hall–Kier alpha value is -7.74. The van der Waals surface area contributed by atoms with Gasteiger partial charge in [-0.3, -0.25) is 0 Å². The molecule has 0 radical (unpaired) electrons. The van der Waals surface area contributed by atoms with Crippen molar-refractivity contribution in [1.29, 1.82) is 0 Å². The fourth-order valence-electron chi connectivity index (χ4n) is 12.9. The molecule has 0 heterocycles. The van der Waals surface area contributed by atoms with Crippen LogP contribution in [0.2, 0.25) is 0 Å². The molecule has 13 rings (SSSR count). The molecule has 0 spiro atoms. The standard InChI is InChI=1S/C67H53N/c1-65(2)58-27-15-11-24-52(58)55-38-33-47(41-61(55)65)67(48-34-39-56-53-25-12-16-28-59(53)66(3,4)62(56)42-48)60-29-17-13-26-54(60)57-40-37-50(43-63(57)67)68(49-35-31-45(32-36-49)44-19-7-5-8-20-44)64-30-18-14-23-51(64)46-21-9-6-10-22-46/h5-43,52,58H,1-4H3. The third kappa shape index (κ3) is 5.81. The Morgan fingerprint density at radius 1 is 0.368 bits per heavy atom. The predicted molar refractivity (Wildman–Crippen MR) is 284 cm³/mol. The van der Waals surface area contributed by atoms with Crippen LogP contribution in [0.1, 0.15) is 78.1 Å². The van der Waals surface area contributed by atoms with Crippen molar-refractivity contribution >= 4 is 17.1 Å². The van der Waals surface area contributed by atoms with Crippen LogP contribution in [-0.2, 0) is 16.2 Å². The third-order valence-corrected chi connectivity index (χ3v) is 16.3. The molecule has 4 aliphatic rings. The molecule has 0 aliphatic heterocycles. The van der Waals surface area contributed by atoms with Crippen molar-refractivity contribution in [1.82, 2.24) is 0 Å². The van der Waals surface area contributed by atoms with Crippen LogP contribution in [0.5, 0.6) is 0 Å². The van der Waals surface area contributed by atoms with E-state index in [-0.39, 0.29) is 10.8 Å². The van der Waals surface area contributed by atoms with Gasteiger partial charge in [-0.1, -0.05) is 234 Å². The highest BCUT2D eigenvalue weighted by molar-refractivity contribution is 5.93. The zero-order chi connectivity index (χ0) is 45.8. The Labute approximate surface area is 401 Å². The van der Waals surface area contributed by atoms with E-state index in [2.05, 4.69) is 269 Å². The zero-order valence-corrected chi connectivity index (χ0v) is 39.1. The van der Waals surface area contributed by atoms with E-state index in [9.17, 15) is 0 Å². The molecule has 68 heavy (non-hydrogen) atoms. The second-order valence-corrected chi connectivity index (χ2v) is 20.4. The lowest BCUT2D eigenvalue weighted by Gasteiger charge is -2.37. The molecule has 0 aromatic heterocycles. The third-order valence-electron chi connectivity index (χ3n) is 16.3. The van der Waals surface area contributed by atoms with Crippen LogP contribution in [0.25, 0.3) is 44.5 Å². The Kier molecular flexibility index (Phi) is 9.02. The number of hydrogen-bond acceptors (Lipinski definition) is 1. The molecule has 9 aromatic rings. The van der Waals surface area contributed by atoms with Gasteiger partial charge < -0.3 is 4.90 Å². The van der Waals surface area contributed by atoms with Crippen LogP contribution < -0.4 is 4.90 Å². The van der Waals surface area contributed by atoms with Gasteiger partial charge in [0, 0.05) is 28.3 Å². The lowest BCUT2D eigenvalue weighted by molar-refractivity contribution is 0.394. The average Bonchev–Trinajstić information content (AvgIpc) is 3.91. The molecule has 3 unspecified atom stereocenters. The van der Waals surface area contributed by atoms with Crippen molar-refractivity contribution in [3.8, 4) is 44.5 Å². The number of benzene rings is 9. The molecule has 3 atom stereocenters. The minimum Gasteiger partial charge on any atom is -0.310 e. The number of hydrogen-bond donors (Lipinski definition) is 0. The second kappa shape index (κ2) is 15.1. The summed E-state index contributed by atoms with van der Waals surface area (Å²) in [5.74, 6) is 0.782. The average molecular weight is 872 g/mol. The highest BCUT2D eigenvalue weighted by Crippen LogP contribution is 2.61. The van der Waals surface area contributed by atoms with E-state index in [0.29, 0.717) is 11.8 Å². The van der Waals surface area contributed by atoms with Crippen molar-refractivity contribution in [3.63, 3.8) is 0 Å².